The summed E-state index contributed by atoms with van der Waals surface area (Å²) in [5.74, 6) is 1.23. The Morgan fingerprint density at radius 3 is 2.32 bits per heavy atom. The van der Waals surface area contributed by atoms with Crippen molar-refractivity contribution in [3.63, 3.8) is 0 Å². The van der Waals surface area contributed by atoms with Gasteiger partial charge in [0.1, 0.15) is 5.69 Å². The number of fused-ring (bicyclic) bond motifs is 1. The zero-order chi connectivity index (χ0) is 20.3. The minimum Gasteiger partial charge on any atom is -0.490 e. The first-order chi connectivity index (χ1) is 13.4. The van der Waals surface area contributed by atoms with Crippen LogP contribution < -0.4 is 14.4 Å². The average Bonchev–Trinajstić information content (AvgIpc) is 2.68. The van der Waals surface area contributed by atoms with Gasteiger partial charge in [-0.2, -0.15) is 0 Å². The van der Waals surface area contributed by atoms with Gasteiger partial charge in [-0.3, -0.25) is 14.9 Å². The maximum atomic E-state index is 11.6. The van der Waals surface area contributed by atoms with Crippen LogP contribution in [0.25, 0.3) is 0 Å². The monoisotopic (exact) mass is 384 g/mol. The summed E-state index contributed by atoms with van der Waals surface area (Å²) < 4.78 is 11.4. The fraction of sp³-hybridized carbons (Fsp3) is 0.381. The Bertz CT molecular complexity index is 910. The molecule has 0 amide bonds. The summed E-state index contributed by atoms with van der Waals surface area (Å²) in [6, 6.07) is 8.64. The van der Waals surface area contributed by atoms with E-state index in [-0.39, 0.29) is 11.5 Å². The Labute approximate surface area is 164 Å². The molecule has 0 unspecified atom stereocenters. The number of benzene rings is 2. The molecule has 7 heteroatoms. The van der Waals surface area contributed by atoms with Crippen LogP contribution >= 0.6 is 0 Å². The summed E-state index contributed by atoms with van der Waals surface area (Å²) in [6.45, 7) is 7.51. The lowest BCUT2D eigenvalue weighted by atomic mass is 9.97. The van der Waals surface area contributed by atoms with E-state index >= 15 is 0 Å². The van der Waals surface area contributed by atoms with Crippen LogP contribution in [0.1, 0.15) is 42.3 Å². The molecule has 0 radical (unpaired) electrons. The highest BCUT2D eigenvalue weighted by atomic mass is 16.6. The van der Waals surface area contributed by atoms with Crippen LogP contribution in [0.4, 0.5) is 11.4 Å². The molecular weight excluding hydrogens is 360 g/mol. The van der Waals surface area contributed by atoms with Gasteiger partial charge in [0.2, 0.25) is 0 Å². The van der Waals surface area contributed by atoms with Crippen LogP contribution in [-0.4, -0.2) is 30.5 Å². The molecular formula is C21H24N2O5. The standard InChI is InChI=1S/C21H24N2O5/c1-4-27-20-11-16-8-9-22(13-17(16)12-21(20)28-5-2)18-7-6-15(14(3)24)10-19(18)23(25)26/h6-7,10-12H,4-5,8-9,13H2,1-3H3. The number of carbonyl (C=O) groups is 1. The molecule has 3 rings (SSSR count). The number of nitrogens with zero attached hydrogens (tertiary/aromatic N) is 2. The molecule has 2 aromatic rings. The van der Waals surface area contributed by atoms with Crippen molar-refractivity contribution in [3.8, 4) is 11.5 Å². The van der Waals surface area contributed by atoms with Gasteiger partial charge in [-0.05, 0) is 62.6 Å². The molecule has 0 N–H and O–H groups in total. The van der Waals surface area contributed by atoms with Gasteiger partial charge >= 0.3 is 0 Å². The van der Waals surface area contributed by atoms with Gasteiger partial charge in [-0.15, -0.1) is 0 Å². The van der Waals surface area contributed by atoms with Crippen molar-refractivity contribution in [1.29, 1.82) is 0 Å². The molecule has 0 atom stereocenters. The SMILES string of the molecule is CCOc1cc2c(cc1OCC)CN(c1ccc(C(C)=O)cc1[N+](=O)[O-])CC2. The van der Waals surface area contributed by atoms with E-state index in [1.807, 2.05) is 30.9 Å². The third kappa shape index (κ3) is 3.93. The maximum absolute atomic E-state index is 11.6. The van der Waals surface area contributed by atoms with E-state index in [1.54, 1.807) is 12.1 Å². The highest BCUT2D eigenvalue weighted by molar-refractivity contribution is 5.95. The number of anilines is 1. The second kappa shape index (κ2) is 8.29. The van der Waals surface area contributed by atoms with E-state index in [0.29, 0.717) is 43.3 Å². The van der Waals surface area contributed by atoms with Crippen molar-refractivity contribution in [2.45, 2.75) is 33.7 Å². The predicted octanol–water partition coefficient (Wildman–Crippen LogP) is 4.16. The van der Waals surface area contributed by atoms with Crippen LogP contribution in [0, 0.1) is 10.1 Å². The number of hydrogen-bond acceptors (Lipinski definition) is 6. The topological polar surface area (TPSA) is 81.9 Å². The zero-order valence-corrected chi connectivity index (χ0v) is 16.4. The summed E-state index contributed by atoms with van der Waals surface area (Å²) in [4.78, 5) is 24.7. The molecule has 0 bridgehead atoms. The molecule has 2 aromatic carbocycles. The van der Waals surface area contributed by atoms with Gasteiger partial charge < -0.3 is 14.4 Å². The summed E-state index contributed by atoms with van der Waals surface area (Å²) in [5, 5.41) is 11.6. The third-order valence-corrected chi connectivity index (χ3v) is 4.80. The molecule has 0 saturated carbocycles. The number of ether oxygens (including phenoxy) is 2. The van der Waals surface area contributed by atoms with Crippen LogP contribution in [0.15, 0.2) is 30.3 Å². The highest BCUT2D eigenvalue weighted by Crippen LogP contribution is 2.37. The van der Waals surface area contributed by atoms with Gasteiger partial charge in [-0.1, -0.05) is 0 Å². The molecule has 1 heterocycles. The molecule has 28 heavy (non-hydrogen) atoms. The van der Waals surface area contributed by atoms with Gasteiger partial charge in [0, 0.05) is 24.7 Å². The van der Waals surface area contributed by atoms with Crippen molar-refractivity contribution in [2.24, 2.45) is 0 Å². The first-order valence-corrected chi connectivity index (χ1v) is 9.40. The summed E-state index contributed by atoms with van der Waals surface area (Å²) in [5.41, 5.74) is 3.03. The second-order valence-electron chi connectivity index (χ2n) is 6.62. The first-order valence-electron chi connectivity index (χ1n) is 9.40. The molecule has 0 saturated heterocycles. The number of nitro benzene ring substituents is 1. The maximum Gasteiger partial charge on any atom is 0.293 e. The van der Waals surface area contributed by atoms with E-state index in [2.05, 4.69) is 0 Å². The summed E-state index contributed by atoms with van der Waals surface area (Å²) >= 11 is 0. The van der Waals surface area contributed by atoms with Crippen molar-refractivity contribution < 1.29 is 19.2 Å². The lowest BCUT2D eigenvalue weighted by molar-refractivity contribution is -0.384. The third-order valence-electron chi connectivity index (χ3n) is 4.80. The number of rotatable bonds is 7. The normalized spacial score (nSPS) is 13.0. The Balaban J connectivity index is 1.96. The van der Waals surface area contributed by atoms with Gasteiger partial charge in [-0.25, -0.2) is 0 Å². The van der Waals surface area contributed by atoms with Gasteiger partial charge in [0.05, 0.1) is 18.1 Å². The van der Waals surface area contributed by atoms with Crippen molar-refractivity contribution in [1.82, 2.24) is 0 Å². The number of nitro groups is 1. The van der Waals surface area contributed by atoms with Crippen molar-refractivity contribution >= 4 is 17.2 Å². The minimum atomic E-state index is -0.429. The fourth-order valence-corrected chi connectivity index (χ4v) is 3.46. The second-order valence-corrected chi connectivity index (χ2v) is 6.62. The van der Waals surface area contributed by atoms with Crippen molar-refractivity contribution in [3.05, 3.63) is 57.1 Å². The van der Waals surface area contributed by atoms with E-state index in [1.165, 1.54) is 13.0 Å². The van der Waals surface area contributed by atoms with Gasteiger partial charge in [0.15, 0.2) is 17.3 Å². The first kappa shape index (κ1) is 19.7. The van der Waals surface area contributed by atoms with Gasteiger partial charge in [0.25, 0.3) is 5.69 Å². The Morgan fingerprint density at radius 2 is 1.75 bits per heavy atom. The Hall–Kier alpha value is -3.09. The number of carbonyl (C=O) groups excluding carboxylic acids is 1. The average molecular weight is 384 g/mol. The van der Waals surface area contributed by atoms with Crippen molar-refractivity contribution in [2.75, 3.05) is 24.7 Å². The number of ketones is 1. The van der Waals surface area contributed by atoms with E-state index in [9.17, 15) is 14.9 Å². The van der Waals surface area contributed by atoms with Crippen LogP contribution in [0.2, 0.25) is 0 Å². The smallest absolute Gasteiger partial charge is 0.293 e. The lowest BCUT2D eigenvalue weighted by Gasteiger charge is -2.31. The van der Waals surface area contributed by atoms with Crippen LogP contribution in [0.5, 0.6) is 11.5 Å². The zero-order valence-electron chi connectivity index (χ0n) is 16.4. The number of hydrogen-bond donors (Lipinski definition) is 0. The minimum absolute atomic E-state index is 0.0490. The summed E-state index contributed by atoms with van der Waals surface area (Å²) in [6.07, 6.45) is 0.743. The molecule has 7 nitrogen and oxygen atoms in total. The Morgan fingerprint density at radius 1 is 1.11 bits per heavy atom. The molecule has 0 spiro atoms. The molecule has 0 aliphatic carbocycles. The summed E-state index contributed by atoms with van der Waals surface area (Å²) in [7, 11) is 0. The highest BCUT2D eigenvalue weighted by Gasteiger charge is 2.25. The number of Topliss-reactive ketones (excluding diaryl/α,β-unsaturated/α-hetero) is 1. The largest absolute Gasteiger partial charge is 0.490 e. The molecule has 0 fully saturated rings. The molecule has 1 aliphatic rings. The fourth-order valence-electron chi connectivity index (χ4n) is 3.46. The van der Waals surface area contributed by atoms with E-state index in [0.717, 1.165) is 23.3 Å². The predicted molar refractivity (Wildman–Crippen MR) is 107 cm³/mol. The van der Waals surface area contributed by atoms with E-state index in [4.69, 9.17) is 9.47 Å². The van der Waals surface area contributed by atoms with Crippen LogP contribution in [-0.2, 0) is 13.0 Å². The Kier molecular flexibility index (Phi) is 5.82. The quantitative estimate of drug-likeness (QED) is 0.405. The lowest BCUT2D eigenvalue weighted by Crippen LogP contribution is -2.31. The molecule has 148 valence electrons. The van der Waals surface area contributed by atoms with E-state index < -0.39 is 4.92 Å². The molecule has 0 aromatic heterocycles. The van der Waals surface area contributed by atoms with Crippen LogP contribution in [0.3, 0.4) is 0 Å². The molecule has 1 aliphatic heterocycles.